The average molecular weight is 227 g/mol. The van der Waals surface area contributed by atoms with Gasteiger partial charge in [0.25, 0.3) is 0 Å². The molecule has 0 aromatic carbocycles. The van der Waals surface area contributed by atoms with Crippen molar-refractivity contribution < 1.29 is 5.11 Å². The van der Waals surface area contributed by atoms with Crippen molar-refractivity contribution in [1.82, 2.24) is 4.90 Å². The van der Waals surface area contributed by atoms with Crippen LogP contribution in [0.25, 0.3) is 0 Å². The third-order valence-corrected chi connectivity index (χ3v) is 4.52. The number of hydrogen-bond acceptors (Lipinski definition) is 2. The van der Waals surface area contributed by atoms with E-state index >= 15 is 0 Å². The minimum absolute atomic E-state index is 0.311. The molecule has 0 radical (unpaired) electrons. The lowest BCUT2D eigenvalue weighted by molar-refractivity contribution is -0.0203. The summed E-state index contributed by atoms with van der Waals surface area (Å²) in [6.07, 6.45) is 7.63. The van der Waals surface area contributed by atoms with E-state index in [9.17, 15) is 5.11 Å². The van der Waals surface area contributed by atoms with E-state index in [0.717, 1.165) is 11.8 Å². The SMILES string of the molecule is CCC(C)C1CCCCCC1N(C)C(C)O. The van der Waals surface area contributed by atoms with Crippen molar-refractivity contribution in [2.75, 3.05) is 7.05 Å². The van der Waals surface area contributed by atoms with Crippen molar-refractivity contribution in [3.63, 3.8) is 0 Å². The Morgan fingerprint density at radius 1 is 1.19 bits per heavy atom. The fourth-order valence-corrected chi connectivity index (χ4v) is 3.07. The highest BCUT2D eigenvalue weighted by Crippen LogP contribution is 2.33. The highest BCUT2D eigenvalue weighted by Gasteiger charge is 2.31. The summed E-state index contributed by atoms with van der Waals surface area (Å²) in [5, 5.41) is 9.76. The van der Waals surface area contributed by atoms with Crippen LogP contribution < -0.4 is 0 Å². The molecule has 0 aromatic rings. The van der Waals surface area contributed by atoms with E-state index in [2.05, 4.69) is 25.8 Å². The first kappa shape index (κ1) is 14.0. The van der Waals surface area contributed by atoms with Crippen molar-refractivity contribution in [3.05, 3.63) is 0 Å². The molecule has 0 aromatic heterocycles. The van der Waals surface area contributed by atoms with Crippen LogP contribution in [-0.2, 0) is 0 Å². The Balaban J connectivity index is 2.72. The molecule has 1 rings (SSSR count). The van der Waals surface area contributed by atoms with Gasteiger partial charge in [0.1, 0.15) is 6.23 Å². The Kier molecular flexibility index (Phi) is 5.77. The van der Waals surface area contributed by atoms with Gasteiger partial charge in [0.05, 0.1) is 0 Å². The zero-order chi connectivity index (χ0) is 12.1. The van der Waals surface area contributed by atoms with Gasteiger partial charge < -0.3 is 5.11 Å². The second kappa shape index (κ2) is 6.61. The maximum Gasteiger partial charge on any atom is 0.104 e. The first-order valence-electron chi connectivity index (χ1n) is 6.98. The predicted molar refractivity (Wildman–Crippen MR) is 69.3 cm³/mol. The zero-order valence-corrected chi connectivity index (χ0v) is 11.4. The molecular formula is C14H29NO. The van der Waals surface area contributed by atoms with Crippen LogP contribution in [0.2, 0.25) is 0 Å². The molecule has 96 valence electrons. The summed E-state index contributed by atoms with van der Waals surface area (Å²) < 4.78 is 0. The normalized spacial score (nSPS) is 31.1. The molecule has 0 saturated heterocycles. The quantitative estimate of drug-likeness (QED) is 0.588. The Hall–Kier alpha value is -0.0800. The van der Waals surface area contributed by atoms with Gasteiger partial charge in [-0.25, -0.2) is 0 Å². The molecule has 1 N–H and O–H groups in total. The van der Waals surface area contributed by atoms with Crippen molar-refractivity contribution in [3.8, 4) is 0 Å². The fourth-order valence-electron chi connectivity index (χ4n) is 3.07. The third-order valence-electron chi connectivity index (χ3n) is 4.52. The van der Waals surface area contributed by atoms with Gasteiger partial charge in [0.2, 0.25) is 0 Å². The second-order valence-electron chi connectivity index (χ2n) is 5.55. The molecule has 4 atom stereocenters. The molecule has 1 aliphatic carbocycles. The van der Waals surface area contributed by atoms with Crippen molar-refractivity contribution in [2.24, 2.45) is 11.8 Å². The molecule has 0 spiro atoms. The Morgan fingerprint density at radius 2 is 1.81 bits per heavy atom. The molecule has 2 nitrogen and oxygen atoms in total. The maximum absolute atomic E-state index is 9.76. The van der Waals surface area contributed by atoms with Crippen LogP contribution in [-0.4, -0.2) is 29.3 Å². The van der Waals surface area contributed by atoms with Gasteiger partial charge in [-0.2, -0.15) is 0 Å². The predicted octanol–water partition coefficient (Wildman–Crippen LogP) is 3.25. The van der Waals surface area contributed by atoms with Gasteiger partial charge >= 0.3 is 0 Å². The third kappa shape index (κ3) is 3.46. The molecule has 1 saturated carbocycles. The van der Waals surface area contributed by atoms with E-state index < -0.39 is 0 Å². The number of rotatable bonds is 4. The van der Waals surface area contributed by atoms with E-state index in [1.54, 1.807) is 0 Å². The highest BCUT2D eigenvalue weighted by molar-refractivity contribution is 4.83. The lowest BCUT2D eigenvalue weighted by atomic mass is 9.81. The molecule has 0 heterocycles. The van der Waals surface area contributed by atoms with Gasteiger partial charge in [0.15, 0.2) is 0 Å². The number of nitrogens with zero attached hydrogens (tertiary/aromatic N) is 1. The fraction of sp³-hybridized carbons (Fsp3) is 1.00. The number of hydrogen-bond donors (Lipinski definition) is 1. The summed E-state index contributed by atoms with van der Waals surface area (Å²) in [5.41, 5.74) is 0. The summed E-state index contributed by atoms with van der Waals surface area (Å²) in [4.78, 5) is 2.18. The maximum atomic E-state index is 9.76. The largest absolute Gasteiger partial charge is 0.379 e. The van der Waals surface area contributed by atoms with Crippen molar-refractivity contribution in [2.45, 2.75) is 71.6 Å². The van der Waals surface area contributed by atoms with Gasteiger partial charge in [0, 0.05) is 6.04 Å². The second-order valence-corrected chi connectivity index (χ2v) is 5.55. The molecular weight excluding hydrogens is 198 g/mol. The van der Waals surface area contributed by atoms with Crippen LogP contribution in [0.4, 0.5) is 0 Å². The van der Waals surface area contributed by atoms with Crippen LogP contribution in [0.15, 0.2) is 0 Å². The van der Waals surface area contributed by atoms with Crippen LogP contribution >= 0.6 is 0 Å². The minimum atomic E-state index is -0.311. The molecule has 0 bridgehead atoms. The molecule has 2 heteroatoms. The summed E-state index contributed by atoms with van der Waals surface area (Å²) in [7, 11) is 2.08. The van der Waals surface area contributed by atoms with Gasteiger partial charge in [-0.15, -0.1) is 0 Å². The molecule has 1 aliphatic rings. The molecule has 0 amide bonds. The first-order valence-corrected chi connectivity index (χ1v) is 6.98. The van der Waals surface area contributed by atoms with Crippen molar-refractivity contribution >= 4 is 0 Å². The molecule has 16 heavy (non-hydrogen) atoms. The van der Waals surface area contributed by atoms with E-state index in [1.807, 2.05) is 6.92 Å². The van der Waals surface area contributed by atoms with E-state index in [4.69, 9.17) is 0 Å². The Morgan fingerprint density at radius 3 is 2.38 bits per heavy atom. The van der Waals surface area contributed by atoms with Gasteiger partial charge in [-0.3, -0.25) is 4.90 Å². The standard InChI is InChI=1S/C14H29NO/c1-5-11(2)13-9-7-6-8-10-14(13)15(4)12(3)16/h11-14,16H,5-10H2,1-4H3. The minimum Gasteiger partial charge on any atom is -0.379 e. The van der Waals surface area contributed by atoms with E-state index in [-0.39, 0.29) is 6.23 Å². The first-order chi connectivity index (χ1) is 7.57. The van der Waals surface area contributed by atoms with E-state index in [1.165, 1.54) is 38.5 Å². The highest BCUT2D eigenvalue weighted by atomic mass is 16.3. The van der Waals surface area contributed by atoms with Gasteiger partial charge in [-0.1, -0.05) is 39.5 Å². The van der Waals surface area contributed by atoms with Crippen LogP contribution in [0, 0.1) is 11.8 Å². The van der Waals surface area contributed by atoms with Crippen LogP contribution in [0.1, 0.15) is 59.3 Å². The lowest BCUT2D eigenvalue weighted by Gasteiger charge is -2.38. The monoisotopic (exact) mass is 227 g/mol. The average Bonchev–Trinajstić information content (AvgIpc) is 2.51. The smallest absolute Gasteiger partial charge is 0.104 e. The van der Waals surface area contributed by atoms with E-state index in [0.29, 0.717) is 6.04 Å². The Bertz CT molecular complexity index is 193. The van der Waals surface area contributed by atoms with Crippen LogP contribution in [0.5, 0.6) is 0 Å². The summed E-state index contributed by atoms with van der Waals surface area (Å²) in [6.45, 7) is 6.55. The number of aliphatic hydroxyl groups is 1. The topological polar surface area (TPSA) is 23.5 Å². The lowest BCUT2D eigenvalue weighted by Crippen LogP contribution is -2.44. The summed E-state index contributed by atoms with van der Waals surface area (Å²) in [6, 6.07) is 0.581. The number of aliphatic hydroxyl groups excluding tert-OH is 1. The molecule has 1 fully saturated rings. The van der Waals surface area contributed by atoms with Gasteiger partial charge in [-0.05, 0) is 38.6 Å². The Labute approximate surface area is 101 Å². The molecule has 4 unspecified atom stereocenters. The van der Waals surface area contributed by atoms with Crippen molar-refractivity contribution in [1.29, 1.82) is 0 Å². The zero-order valence-electron chi connectivity index (χ0n) is 11.4. The summed E-state index contributed by atoms with van der Waals surface area (Å²) in [5.74, 6) is 1.55. The molecule has 0 aliphatic heterocycles. The van der Waals surface area contributed by atoms with Crippen LogP contribution in [0.3, 0.4) is 0 Å². The summed E-state index contributed by atoms with van der Waals surface area (Å²) >= 11 is 0.